The Morgan fingerprint density at radius 1 is 1.15 bits per heavy atom. The van der Waals surface area contributed by atoms with Crippen LogP contribution in [0.3, 0.4) is 0 Å². The third-order valence-corrected chi connectivity index (χ3v) is 2.06. The zero-order valence-electron chi connectivity index (χ0n) is 7.41. The monoisotopic (exact) mass is 173 g/mol. The van der Waals surface area contributed by atoms with Crippen LogP contribution in [0, 0.1) is 6.92 Å². The summed E-state index contributed by atoms with van der Waals surface area (Å²) in [6, 6.07) is 7.47. The molecule has 1 heterocycles. The van der Waals surface area contributed by atoms with Crippen LogP contribution in [0.5, 0.6) is 0 Å². The first-order chi connectivity index (χ1) is 6.16. The molecular formula is C10H11N3. The molecule has 0 unspecified atom stereocenters. The van der Waals surface area contributed by atoms with Crippen molar-refractivity contribution in [3.05, 3.63) is 29.8 Å². The first kappa shape index (κ1) is 7.86. The Balaban J connectivity index is 2.87. The molecule has 0 aliphatic rings. The topological polar surface area (TPSA) is 64.9 Å². The van der Waals surface area contributed by atoms with E-state index in [1.165, 1.54) is 0 Å². The molecule has 0 bridgehead atoms. The first-order valence-electron chi connectivity index (χ1n) is 4.09. The van der Waals surface area contributed by atoms with E-state index in [4.69, 9.17) is 11.5 Å². The third kappa shape index (κ3) is 1.28. The Bertz CT molecular complexity index is 463. The van der Waals surface area contributed by atoms with Gasteiger partial charge in [-0.25, -0.2) is 4.98 Å². The molecule has 0 saturated carbocycles. The number of nitrogens with zero attached hydrogens (tertiary/aromatic N) is 1. The number of hydrogen-bond acceptors (Lipinski definition) is 3. The van der Waals surface area contributed by atoms with Crippen molar-refractivity contribution in [2.75, 3.05) is 11.5 Å². The maximum absolute atomic E-state index is 5.67. The summed E-state index contributed by atoms with van der Waals surface area (Å²) in [5, 5.41) is 1.06. The molecule has 0 aliphatic carbocycles. The van der Waals surface area contributed by atoms with Gasteiger partial charge in [0.25, 0.3) is 0 Å². The molecule has 3 nitrogen and oxygen atoms in total. The number of nitrogens with two attached hydrogens (primary N) is 2. The van der Waals surface area contributed by atoms with Gasteiger partial charge < -0.3 is 11.5 Å². The first-order valence-corrected chi connectivity index (χ1v) is 4.09. The Hall–Kier alpha value is -1.77. The fraction of sp³-hybridized carbons (Fsp3) is 0.100. The minimum atomic E-state index is 0.551. The summed E-state index contributed by atoms with van der Waals surface area (Å²) in [5.41, 5.74) is 14.0. The van der Waals surface area contributed by atoms with Gasteiger partial charge in [-0.1, -0.05) is 0 Å². The van der Waals surface area contributed by atoms with Crippen molar-refractivity contribution >= 4 is 22.4 Å². The number of hydrogen-bond donors (Lipinski definition) is 2. The van der Waals surface area contributed by atoms with Gasteiger partial charge in [0.2, 0.25) is 0 Å². The summed E-state index contributed by atoms with van der Waals surface area (Å²) in [6.07, 6.45) is 0. The quantitative estimate of drug-likeness (QED) is 0.596. The number of anilines is 2. The van der Waals surface area contributed by atoms with E-state index in [9.17, 15) is 0 Å². The second kappa shape index (κ2) is 2.62. The molecule has 0 fully saturated rings. The highest BCUT2D eigenvalue weighted by atomic mass is 14.8. The minimum absolute atomic E-state index is 0.551. The number of pyridine rings is 1. The van der Waals surface area contributed by atoms with Crippen LogP contribution in [0.1, 0.15) is 5.56 Å². The van der Waals surface area contributed by atoms with Crippen LogP contribution in [-0.2, 0) is 0 Å². The highest BCUT2D eigenvalue weighted by Gasteiger charge is 2.00. The highest BCUT2D eigenvalue weighted by molar-refractivity contribution is 5.86. The van der Waals surface area contributed by atoms with E-state index in [1.807, 2.05) is 31.2 Å². The van der Waals surface area contributed by atoms with Gasteiger partial charge in [0.15, 0.2) is 0 Å². The Morgan fingerprint density at radius 3 is 2.69 bits per heavy atom. The molecule has 0 spiro atoms. The van der Waals surface area contributed by atoms with Crippen LogP contribution < -0.4 is 11.5 Å². The lowest BCUT2D eigenvalue weighted by Crippen LogP contribution is -1.93. The molecule has 3 heteroatoms. The van der Waals surface area contributed by atoms with Crippen molar-refractivity contribution in [3.63, 3.8) is 0 Å². The number of aryl methyl sites for hydroxylation is 1. The van der Waals surface area contributed by atoms with Gasteiger partial charge in [-0.05, 0) is 36.8 Å². The van der Waals surface area contributed by atoms with E-state index < -0.39 is 0 Å². The lowest BCUT2D eigenvalue weighted by molar-refractivity contribution is 1.37. The van der Waals surface area contributed by atoms with E-state index in [1.54, 1.807) is 0 Å². The lowest BCUT2D eigenvalue weighted by Gasteiger charge is -2.03. The van der Waals surface area contributed by atoms with Crippen molar-refractivity contribution < 1.29 is 0 Å². The molecule has 0 atom stereocenters. The average Bonchev–Trinajstić information content (AvgIpc) is 2.06. The van der Waals surface area contributed by atoms with Gasteiger partial charge in [0.1, 0.15) is 5.82 Å². The number of benzene rings is 1. The summed E-state index contributed by atoms with van der Waals surface area (Å²) in [7, 11) is 0. The van der Waals surface area contributed by atoms with Crippen LogP contribution in [-0.4, -0.2) is 4.98 Å². The van der Waals surface area contributed by atoms with E-state index in [0.29, 0.717) is 5.82 Å². The smallest absolute Gasteiger partial charge is 0.124 e. The van der Waals surface area contributed by atoms with Crippen LogP contribution in [0.25, 0.3) is 10.9 Å². The van der Waals surface area contributed by atoms with E-state index in [2.05, 4.69) is 4.98 Å². The van der Waals surface area contributed by atoms with Gasteiger partial charge in [-0.2, -0.15) is 0 Å². The van der Waals surface area contributed by atoms with Gasteiger partial charge in [-0.3, -0.25) is 0 Å². The van der Waals surface area contributed by atoms with Gasteiger partial charge in [0.05, 0.1) is 5.52 Å². The average molecular weight is 173 g/mol. The highest BCUT2D eigenvalue weighted by Crippen LogP contribution is 2.20. The summed E-state index contributed by atoms with van der Waals surface area (Å²) < 4.78 is 0. The normalized spacial score (nSPS) is 10.5. The Morgan fingerprint density at radius 2 is 1.92 bits per heavy atom. The Kier molecular flexibility index (Phi) is 1.59. The molecule has 13 heavy (non-hydrogen) atoms. The summed E-state index contributed by atoms with van der Waals surface area (Å²) >= 11 is 0. The van der Waals surface area contributed by atoms with Gasteiger partial charge in [0, 0.05) is 11.1 Å². The summed E-state index contributed by atoms with van der Waals surface area (Å²) in [6.45, 7) is 2.00. The summed E-state index contributed by atoms with van der Waals surface area (Å²) in [4.78, 5) is 4.20. The molecular weight excluding hydrogens is 162 g/mol. The third-order valence-electron chi connectivity index (χ3n) is 2.06. The van der Waals surface area contributed by atoms with Crippen LogP contribution >= 0.6 is 0 Å². The number of aromatic nitrogens is 1. The molecule has 4 N–H and O–H groups in total. The molecule has 2 aromatic rings. The van der Waals surface area contributed by atoms with E-state index >= 15 is 0 Å². The van der Waals surface area contributed by atoms with E-state index in [0.717, 1.165) is 22.2 Å². The molecule has 1 aromatic carbocycles. The molecule has 66 valence electrons. The molecule has 0 radical (unpaired) electrons. The lowest BCUT2D eigenvalue weighted by atomic mass is 10.1. The predicted molar refractivity (Wildman–Crippen MR) is 55.3 cm³/mol. The van der Waals surface area contributed by atoms with Crippen molar-refractivity contribution in [1.82, 2.24) is 4.98 Å². The van der Waals surface area contributed by atoms with Crippen molar-refractivity contribution in [3.8, 4) is 0 Å². The summed E-state index contributed by atoms with van der Waals surface area (Å²) in [5.74, 6) is 0.551. The zero-order valence-corrected chi connectivity index (χ0v) is 7.41. The second-order valence-corrected chi connectivity index (χ2v) is 3.14. The van der Waals surface area contributed by atoms with Crippen LogP contribution in [0.2, 0.25) is 0 Å². The maximum Gasteiger partial charge on any atom is 0.124 e. The molecule has 0 amide bonds. The standard InChI is InChI=1S/C10H11N3/c1-6-4-10(12)13-9-3-2-7(11)5-8(6)9/h2-5H,11H2,1H3,(H2,12,13). The SMILES string of the molecule is Cc1cc(N)nc2ccc(N)cc12. The number of rotatable bonds is 0. The number of nitrogen functional groups attached to an aromatic ring is 2. The molecule has 0 aliphatic heterocycles. The largest absolute Gasteiger partial charge is 0.399 e. The fourth-order valence-corrected chi connectivity index (χ4v) is 1.44. The molecule has 0 saturated heterocycles. The fourth-order valence-electron chi connectivity index (χ4n) is 1.44. The Labute approximate surface area is 76.4 Å². The van der Waals surface area contributed by atoms with Crippen molar-refractivity contribution in [2.45, 2.75) is 6.92 Å². The van der Waals surface area contributed by atoms with E-state index in [-0.39, 0.29) is 0 Å². The van der Waals surface area contributed by atoms with Crippen molar-refractivity contribution in [2.24, 2.45) is 0 Å². The molecule has 2 rings (SSSR count). The van der Waals surface area contributed by atoms with Gasteiger partial charge >= 0.3 is 0 Å². The van der Waals surface area contributed by atoms with Crippen molar-refractivity contribution in [1.29, 1.82) is 0 Å². The predicted octanol–water partition coefficient (Wildman–Crippen LogP) is 1.71. The molecule has 1 aromatic heterocycles. The number of fused-ring (bicyclic) bond motifs is 1. The minimum Gasteiger partial charge on any atom is -0.399 e. The van der Waals surface area contributed by atoms with Crippen LogP contribution in [0.4, 0.5) is 11.5 Å². The second-order valence-electron chi connectivity index (χ2n) is 3.14. The maximum atomic E-state index is 5.67. The van der Waals surface area contributed by atoms with Gasteiger partial charge in [-0.15, -0.1) is 0 Å². The van der Waals surface area contributed by atoms with Crippen LogP contribution in [0.15, 0.2) is 24.3 Å². The zero-order chi connectivity index (χ0) is 9.42.